The number of benzene rings is 1. The Balaban J connectivity index is 2.03. The van der Waals surface area contributed by atoms with Crippen LogP contribution >= 0.6 is 0 Å². The fourth-order valence-corrected chi connectivity index (χ4v) is 2.09. The topological polar surface area (TPSA) is 47.3 Å². The molecule has 0 aliphatic rings. The van der Waals surface area contributed by atoms with Crippen LogP contribution in [-0.2, 0) is 19.1 Å². The number of hydrogen-bond acceptors (Lipinski definition) is 3. The molecule has 0 fully saturated rings. The number of alkyl halides is 3. The fourth-order valence-electron chi connectivity index (χ4n) is 2.09. The summed E-state index contributed by atoms with van der Waals surface area (Å²) < 4.78 is 45.3. The Labute approximate surface area is 126 Å². The average molecular weight is 314 g/mol. The SMILES string of the molecule is Cc1ccccc1OCCn1cc(CCO)c(C(F)(F)F)n1. The highest BCUT2D eigenvalue weighted by atomic mass is 19.4. The number of aryl methyl sites for hydroxylation is 1. The van der Waals surface area contributed by atoms with Crippen molar-refractivity contribution in [1.29, 1.82) is 0 Å². The molecule has 4 nitrogen and oxygen atoms in total. The van der Waals surface area contributed by atoms with Gasteiger partial charge in [0, 0.05) is 18.4 Å². The molecule has 0 unspecified atom stereocenters. The highest BCUT2D eigenvalue weighted by Crippen LogP contribution is 2.30. The van der Waals surface area contributed by atoms with Gasteiger partial charge in [0.15, 0.2) is 5.69 Å². The number of aliphatic hydroxyl groups is 1. The minimum absolute atomic E-state index is 0.00843. The number of hydrogen-bond donors (Lipinski definition) is 1. The maximum atomic E-state index is 12.8. The Morgan fingerprint density at radius 1 is 1.27 bits per heavy atom. The van der Waals surface area contributed by atoms with E-state index in [-0.39, 0.29) is 31.7 Å². The third-order valence-corrected chi connectivity index (χ3v) is 3.16. The van der Waals surface area contributed by atoms with Crippen molar-refractivity contribution >= 4 is 0 Å². The van der Waals surface area contributed by atoms with E-state index in [1.807, 2.05) is 25.1 Å². The maximum absolute atomic E-state index is 12.8. The molecule has 0 bridgehead atoms. The third kappa shape index (κ3) is 4.00. The summed E-state index contributed by atoms with van der Waals surface area (Å²) in [6, 6.07) is 7.41. The molecule has 0 atom stereocenters. The summed E-state index contributed by atoms with van der Waals surface area (Å²) in [5, 5.41) is 12.4. The second-order valence-electron chi connectivity index (χ2n) is 4.85. The highest BCUT2D eigenvalue weighted by Gasteiger charge is 2.36. The van der Waals surface area contributed by atoms with Gasteiger partial charge in [0.25, 0.3) is 0 Å². The number of aliphatic hydroxyl groups excluding tert-OH is 1. The fraction of sp³-hybridized carbons (Fsp3) is 0.400. The smallest absolute Gasteiger partial charge is 0.435 e. The molecule has 0 radical (unpaired) electrons. The van der Waals surface area contributed by atoms with Gasteiger partial charge in [-0.2, -0.15) is 18.3 Å². The largest absolute Gasteiger partial charge is 0.491 e. The van der Waals surface area contributed by atoms with Crippen LogP contribution in [0, 0.1) is 6.92 Å². The molecule has 120 valence electrons. The first-order valence-corrected chi connectivity index (χ1v) is 6.84. The number of rotatable bonds is 6. The van der Waals surface area contributed by atoms with Crippen LogP contribution in [0.1, 0.15) is 16.8 Å². The van der Waals surface area contributed by atoms with E-state index in [9.17, 15) is 13.2 Å². The molecule has 22 heavy (non-hydrogen) atoms. The van der Waals surface area contributed by atoms with Crippen LogP contribution in [0.4, 0.5) is 13.2 Å². The Morgan fingerprint density at radius 3 is 2.64 bits per heavy atom. The molecule has 0 aliphatic heterocycles. The molecular weight excluding hydrogens is 297 g/mol. The van der Waals surface area contributed by atoms with E-state index in [1.54, 1.807) is 6.07 Å². The lowest BCUT2D eigenvalue weighted by Gasteiger charge is -2.08. The van der Waals surface area contributed by atoms with Gasteiger partial charge in [-0.15, -0.1) is 0 Å². The molecule has 1 heterocycles. The lowest BCUT2D eigenvalue weighted by molar-refractivity contribution is -0.142. The monoisotopic (exact) mass is 314 g/mol. The summed E-state index contributed by atoms with van der Waals surface area (Å²) in [7, 11) is 0. The van der Waals surface area contributed by atoms with E-state index in [4.69, 9.17) is 9.84 Å². The van der Waals surface area contributed by atoms with Crippen molar-refractivity contribution in [2.75, 3.05) is 13.2 Å². The molecule has 0 aliphatic carbocycles. The van der Waals surface area contributed by atoms with Crippen molar-refractivity contribution in [1.82, 2.24) is 9.78 Å². The van der Waals surface area contributed by atoms with Crippen LogP contribution in [0.15, 0.2) is 30.5 Å². The molecule has 0 spiro atoms. The van der Waals surface area contributed by atoms with Crippen molar-refractivity contribution in [3.63, 3.8) is 0 Å². The van der Waals surface area contributed by atoms with E-state index >= 15 is 0 Å². The van der Waals surface area contributed by atoms with Gasteiger partial charge in [-0.1, -0.05) is 18.2 Å². The maximum Gasteiger partial charge on any atom is 0.435 e. The van der Waals surface area contributed by atoms with Crippen molar-refractivity contribution in [3.8, 4) is 5.75 Å². The molecule has 2 aromatic rings. The van der Waals surface area contributed by atoms with Crippen molar-refractivity contribution < 1.29 is 23.0 Å². The summed E-state index contributed by atoms with van der Waals surface area (Å²) in [6.45, 7) is 1.95. The zero-order valence-electron chi connectivity index (χ0n) is 12.1. The molecule has 2 rings (SSSR count). The summed E-state index contributed by atoms with van der Waals surface area (Å²) >= 11 is 0. The van der Waals surface area contributed by atoms with E-state index in [0.29, 0.717) is 5.75 Å². The van der Waals surface area contributed by atoms with Crippen molar-refractivity contribution in [3.05, 3.63) is 47.3 Å². The van der Waals surface area contributed by atoms with Crippen LogP contribution in [0.3, 0.4) is 0 Å². The van der Waals surface area contributed by atoms with Crippen LogP contribution < -0.4 is 4.74 Å². The summed E-state index contributed by atoms with van der Waals surface area (Å²) in [4.78, 5) is 0. The second-order valence-corrected chi connectivity index (χ2v) is 4.85. The van der Waals surface area contributed by atoms with Gasteiger partial charge in [0.2, 0.25) is 0 Å². The van der Waals surface area contributed by atoms with Crippen LogP contribution in [-0.4, -0.2) is 28.1 Å². The lowest BCUT2D eigenvalue weighted by atomic mass is 10.2. The molecule has 0 amide bonds. The molecule has 1 N–H and O–H groups in total. The van der Waals surface area contributed by atoms with E-state index in [0.717, 1.165) is 5.56 Å². The van der Waals surface area contributed by atoms with Gasteiger partial charge in [0.1, 0.15) is 12.4 Å². The summed E-state index contributed by atoms with van der Waals surface area (Å²) in [5.41, 5.74) is 0.00301. The van der Waals surface area contributed by atoms with Gasteiger partial charge in [-0.05, 0) is 25.0 Å². The molecule has 7 heteroatoms. The average Bonchev–Trinajstić information content (AvgIpc) is 2.85. The molecule has 1 aromatic carbocycles. The quantitative estimate of drug-likeness (QED) is 0.892. The predicted octanol–water partition coefficient (Wildman–Crippen LogP) is 2.82. The van der Waals surface area contributed by atoms with Gasteiger partial charge < -0.3 is 9.84 Å². The summed E-state index contributed by atoms with van der Waals surface area (Å²) in [6.07, 6.45) is -3.29. The highest BCUT2D eigenvalue weighted by molar-refractivity contribution is 5.31. The minimum atomic E-state index is -4.52. The Hall–Kier alpha value is -2.02. The first-order valence-electron chi connectivity index (χ1n) is 6.84. The number of aromatic nitrogens is 2. The second kappa shape index (κ2) is 6.83. The van der Waals surface area contributed by atoms with Crippen LogP contribution in [0.2, 0.25) is 0 Å². The zero-order valence-corrected chi connectivity index (χ0v) is 12.1. The Morgan fingerprint density at radius 2 is 2.00 bits per heavy atom. The first kappa shape index (κ1) is 16.4. The number of halogens is 3. The van der Waals surface area contributed by atoms with Crippen LogP contribution in [0.5, 0.6) is 5.75 Å². The Kier molecular flexibility index (Phi) is 5.07. The van der Waals surface area contributed by atoms with Gasteiger partial charge in [-0.25, -0.2) is 0 Å². The minimum Gasteiger partial charge on any atom is -0.491 e. The standard InChI is InChI=1S/C15H17F3N2O2/c1-11-4-2-3-5-13(11)22-9-7-20-10-12(6-8-21)14(19-20)15(16,17)18/h2-5,10,21H,6-9H2,1H3. The summed E-state index contributed by atoms with van der Waals surface area (Å²) in [5.74, 6) is 0.696. The molecule has 0 saturated carbocycles. The van der Waals surface area contributed by atoms with E-state index < -0.39 is 11.9 Å². The number of ether oxygens (including phenoxy) is 1. The van der Waals surface area contributed by atoms with E-state index in [2.05, 4.69) is 5.10 Å². The molecule has 0 saturated heterocycles. The number of nitrogens with zero attached hydrogens (tertiary/aromatic N) is 2. The van der Waals surface area contributed by atoms with Gasteiger partial charge in [-0.3, -0.25) is 4.68 Å². The van der Waals surface area contributed by atoms with Gasteiger partial charge in [0.05, 0.1) is 6.54 Å². The normalized spacial score (nSPS) is 11.7. The molecule has 1 aromatic heterocycles. The lowest BCUT2D eigenvalue weighted by Crippen LogP contribution is -2.12. The Bertz CT molecular complexity index is 623. The first-order chi connectivity index (χ1) is 10.4. The zero-order chi connectivity index (χ0) is 16.2. The number of para-hydroxylation sites is 1. The van der Waals surface area contributed by atoms with E-state index in [1.165, 1.54) is 10.9 Å². The van der Waals surface area contributed by atoms with Crippen LogP contribution in [0.25, 0.3) is 0 Å². The molecular formula is C15H17F3N2O2. The van der Waals surface area contributed by atoms with Gasteiger partial charge >= 0.3 is 6.18 Å². The third-order valence-electron chi connectivity index (χ3n) is 3.16. The van der Waals surface area contributed by atoms with Crippen molar-refractivity contribution in [2.45, 2.75) is 26.1 Å². The van der Waals surface area contributed by atoms with Crippen molar-refractivity contribution in [2.24, 2.45) is 0 Å². The predicted molar refractivity (Wildman–Crippen MR) is 74.7 cm³/mol.